The van der Waals surface area contributed by atoms with Crippen molar-refractivity contribution in [2.24, 2.45) is 0 Å². The van der Waals surface area contributed by atoms with Crippen molar-refractivity contribution in [1.29, 1.82) is 0 Å². The van der Waals surface area contributed by atoms with Gasteiger partial charge in [0.1, 0.15) is 6.10 Å². The zero-order valence-corrected chi connectivity index (χ0v) is 9.72. The fourth-order valence-corrected chi connectivity index (χ4v) is 1.55. The Labute approximate surface area is 96.1 Å². The number of rotatable bonds is 5. The summed E-state index contributed by atoms with van der Waals surface area (Å²) in [6.07, 6.45) is 0.628. The van der Waals surface area contributed by atoms with Gasteiger partial charge in [-0.2, -0.15) is 0 Å². The van der Waals surface area contributed by atoms with E-state index < -0.39 is 0 Å². The third-order valence-electron chi connectivity index (χ3n) is 2.33. The van der Waals surface area contributed by atoms with E-state index in [-0.39, 0.29) is 18.2 Å². The van der Waals surface area contributed by atoms with Gasteiger partial charge in [-0.05, 0) is 25.3 Å². The second kappa shape index (κ2) is 6.28. The van der Waals surface area contributed by atoms with Crippen LogP contribution in [0.15, 0.2) is 30.3 Å². The van der Waals surface area contributed by atoms with Crippen LogP contribution in [-0.4, -0.2) is 17.2 Å². The van der Waals surface area contributed by atoms with E-state index in [1.54, 1.807) is 6.92 Å². The molecule has 0 bridgehead atoms. The maximum Gasteiger partial charge on any atom is 0.303 e. The molecule has 0 unspecified atom stereocenters. The third kappa shape index (κ3) is 4.45. The monoisotopic (exact) mass is 222 g/mol. The van der Waals surface area contributed by atoms with Gasteiger partial charge in [-0.3, -0.25) is 4.79 Å². The fourth-order valence-electron chi connectivity index (χ4n) is 1.55. The van der Waals surface area contributed by atoms with E-state index in [4.69, 9.17) is 4.74 Å². The van der Waals surface area contributed by atoms with Crippen molar-refractivity contribution < 1.29 is 14.6 Å². The predicted octanol–water partition coefficient (Wildman–Crippen LogP) is 2.45. The zero-order valence-electron chi connectivity index (χ0n) is 9.72. The van der Waals surface area contributed by atoms with Gasteiger partial charge in [0.25, 0.3) is 0 Å². The summed E-state index contributed by atoms with van der Waals surface area (Å²) in [7, 11) is 0. The molecule has 0 aliphatic heterocycles. The van der Waals surface area contributed by atoms with Gasteiger partial charge in [0.05, 0.1) is 6.10 Å². The van der Waals surface area contributed by atoms with Crippen LogP contribution < -0.4 is 0 Å². The summed E-state index contributed by atoms with van der Waals surface area (Å²) in [6, 6.07) is 9.59. The van der Waals surface area contributed by atoms with Crippen LogP contribution in [-0.2, 0) is 9.53 Å². The number of esters is 1. The van der Waals surface area contributed by atoms with Gasteiger partial charge in [-0.25, -0.2) is 0 Å². The molecule has 0 aliphatic carbocycles. The van der Waals surface area contributed by atoms with Crippen LogP contribution in [0, 0.1) is 0 Å². The SMILES string of the molecule is CC(=O)O[C@H](CC[C@@H](C)O)c1ccccc1. The van der Waals surface area contributed by atoms with Crippen molar-refractivity contribution in [3.05, 3.63) is 35.9 Å². The van der Waals surface area contributed by atoms with Crippen molar-refractivity contribution in [3.8, 4) is 0 Å². The third-order valence-corrected chi connectivity index (χ3v) is 2.33. The van der Waals surface area contributed by atoms with Gasteiger partial charge in [0.2, 0.25) is 0 Å². The lowest BCUT2D eigenvalue weighted by molar-refractivity contribution is -0.147. The molecule has 0 saturated heterocycles. The molecule has 0 radical (unpaired) electrons. The standard InChI is InChI=1S/C13H18O3/c1-10(14)8-9-13(16-11(2)15)12-6-4-3-5-7-12/h3-7,10,13-14H,8-9H2,1-2H3/t10-,13-/m1/s1. The Morgan fingerprint density at radius 2 is 1.94 bits per heavy atom. The van der Waals surface area contributed by atoms with E-state index in [1.807, 2.05) is 30.3 Å². The topological polar surface area (TPSA) is 46.5 Å². The van der Waals surface area contributed by atoms with Crippen LogP contribution in [0.25, 0.3) is 0 Å². The molecular formula is C13H18O3. The van der Waals surface area contributed by atoms with E-state index in [0.29, 0.717) is 12.8 Å². The van der Waals surface area contributed by atoms with E-state index >= 15 is 0 Å². The highest BCUT2D eigenvalue weighted by molar-refractivity contribution is 5.66. The number of hydrogen-bond acceptors (Lipinski definition) is 3. The van der Waals surface area contributed by atoms with Gasteiger partial charge in [0.15, 0.2) is 0 Å². The average molecular weight is 222 g/mol. The Balaban J connectivity index is 2.67. The molecule has 0 spiro atoms. The molecule has 1 N–H and O–H groups in total. The van der Waals surface area contributed by atoms with Gasteiger partial charge >= 0.3 is 5.97 Å². The smallest absolute Gasteiger partial charge is 0.303 e. The lowest BCUT2D eigenvalue weighted by Gasteiger charge is -2.18. The van der Waals surface area contributed by atoms with Gasteiger partial charge < -0.3 is 9.84 Å². The highest BCUT2D eigenvalue weighted by atomic mass is 16.5. The maximum atomic E-state index is 11.0. The summed E-state index contributed by atoms with van der Waals surface area (Å²) in [5.74, 6) is -0.292. The largest absolute Gasteiger partial charge is 0.458 e. The molecular weight excluding hydrogens is 204 g/mol. The first kappa shape index (κ1) is 12.7. The van der Waals surface area contributed by atoms with Crippen LogP contribution in [0.1, 0.15) is 38.4 Å². The Morgan fingerprint density at radius 3 is 2.44 bits per heavy atom. The molecule has 0 fully saturated rings. The Hall–Kier alpha value is -1.35. The van der Waals surface area contributed by atoms with Crippen LogP contribution >= 0.6 is 0 Å². The molecule has 0 saturated carbocycles. The first-order valence-corrected chi connectivity index (χ1v) is 5.50. The van der Waals surface area contributed by atoms with E-state index in [1.165, 1.54) is 6.92 Å². The molecule has 3 heteroatoms. The summed E-state index contributed by atoms with van der Waals surface area (Å²) >= 11 is 0. The molecule has 0 aliphatic rings. The van der Waals surface area contributed by atoms with Crippen molar-refractivity contribution in [2.75, 3.05) is 0 Å². The highest BCUT2D eigenvalue weighted by Gasteiger charge is 2.15. The average Bonchev–Trinajstić information content (AvgIpc) is 2.25. The minimum absolute atomic E-state index is 0.256. The lowest BCUT2D eigenvalue weighted by Crippen LogP contribution is -2.11. The number of carbonyl (C=O) groups excluding carboxylic acids is 1. The van der Waals surface area contributed by atoms with Crippen molar-refractivity contribution in [2.45, 2.75) is 38.9 Å². The number of aliphatic hydroxyl groups is 1. The first-order chi connectivity index (χ1) is 7.59. The minimum atomic E-state index is -0.373. The molecule has 0 aromatic heterocycles. The number of benzene rings is 1. The summed E-state index contributed by atoms with van der Waals surface area (Å²) < 4.78 is 5.24. The van der Waals surface area contributed by atoms with E-state index in [2.05, 4.69) is 0 Å². The number of ether oxygens (including phenoxy) is 1. The molecule has 2 atom stereocenters. The fraction of sp³-hybridized carbons (Fsp3) is 0.462. The van der Waals surface area contributed by atoms with Crippen molar-refractivity contribution >= 4 is 5.97 Å². The quantitative estimate of drug-likeness (QED) is 0.778. The van der Waals surface area contributed by atoms with Gasteiger partial charge in [-0.15, -0.1) is 0 Å². The molecule has 1 aromatic carbocycles. The number of carbonyl (C=O) groups is 1. The summed E-state index contributed by atoms with van der Waals surface area (Å²) in [5, 5.41) is 9.24. The van der Waals surface area contributed by atoms with Crippen LogP contribution in [0.4, 0.5) is 0 Å². The summed E-state index contributed by atoms with van der Waals surface area (Å²) in [5.41, 5.74) is 0.971. The minimum Gasteiger partial charge on any atom is -0.458 e. The number of hydrogen-bond donors (Lipinski definition) is 1. The molecule has 3 nitrogen and oxygen atoms in total. The number of aliphatic hydroxyl groups excluding tert-OH is 1. The van der Waals surface area contributed by atoms with E-state index in [9.17, 15) is 9.90 Å². The molecule has 1 rings (SSSR count). The van der Waals surface area contributed by atoms with Crippen LogP contribution in [0.2, 0.25) is 0 Å². The van der Waals surface area contributed by atoms with Crippen LogP contribution in [0.5, 0.6) is 0 Å². The molecule has 1 aromatic rings. The normalized spacial score (nSPS) is 14.2. The van der Waals surface area contributed by atoms with Crippen LogP contribution in [0.3, 0.4) is 0 Å². The molecule has 16 heavy (non-hydrogen) atoms. The zero-order chi connectivity index (χ0) is 12.0. The second-order valence-electron chi connectivity index (χ2n) is 3.94. The maximum absolute atomic E-state index is 11.0. The summed E-state index contributed by atoms with van der Waals surface area (Å²) in [4.78, 5) is 11.0. The summed E-state index contributed by atoms with van der Waals surface area (Å²) in [6.45, 7) is 3.13. The van der Waals surface area contributed by atoms with Crippen molar-refractivity contribution in [3.63, 3.8) is 0 Å². The predicted molar refractivity (Wildman–Crippen MR) is 61.9 cm³/mol. The van der Waals surface area contributed by atoms with Crippen molar-refractivity contribution in [1.82, 2.24) is 0 Å². The Morgan fingerprint density at radius 1 is 1.31 bits per heavy atom. The van der Waals surface area contributed by atoms with Gasteiger partial charge in [0, 0.05) is 6.92 Å². The second-order valence-corrected chi connectivity index (χ2v) is 3.94. The Kier molecular flexibility index (Phi) is 4.99. The first-order valence-electron chi connectivity index (χ1n) is 5.50. The molecule has 0 heterocycles. The van der Waals surface area contributed by atoms with Gasteiger partial charge in [-0.1, -0.05) is 30.3 Å². The highest BCUT2D eigenvalue weighted by Crippen LogP contribution is 2.23. The lowest BCUT2D eigenvalue weighted by atomic mass is 10.0. The Bertz CT molecular complexity index is 319. The molecule has 0 amide bonds. The van der Waals surface area contributed by atoms with E-state index in [0.717, 1.165) is 5.56 Å². The molecule has 88 valence electrons.